The molecule has 0 spiro atoms. The molecule has 0 aliphatic carbocycles. The van der Waals surface area contributed by atoms with Gasteiger partial charge in [0.15, 0.2) is 0 Å². The normalized spacial score (nSPS) is 9.47. The van der Waals surface area contributed by atoms with Gasteiger partial charge in [0.25, 0.3) is 0 Å². The van der Waals surface area contributed by atoms with Crippen LogP contribution in [0.25, 0.3) is 0 Å². The van der Waals surface area contributed by atoms with Crippen molar-refractivity contribution in [2.45, 2.75) is 5.88 Å². The van der Waals surface area contributed by atoms with Crippen LogP contribution in [0.5, 0.6) is 0 Å². The van der Waals surface area contributed by atoms with Crippen LogP contribution < -0.4 is 0 Å². The molecule has 5 heteroatoms. The van der Waals surface area contributed by atoms with Crippen molar-refractivity contribution in [3.8, 4) is 6.07 Å². The van der Waals surface area contributed by atoms with Gasteiger partial charge in [-0.3, -0.25) is 0 Å². The van der Waals surface area contributed by atoms with Gasteiger partial charge < -0.3 is 4.74 Å². The van der Waals surface area contributed by atoms with E-state index in [2.05, 4.69) is 20.7 Å². The fourth-order valence-electron chi connectivity index (χ4n) is 1.12. The number of hydrogen-bond donors (Lipinski definition) is 0. The lowest BCUT2D eigenvalue weighted by molar-refractivity contribution is 0.0599. The summed E-state index contributed by atoms with van der Waals surface area (Å²) in [4.78, 5) is 11.3. The maximum Gasteiger partial charge on any atom is 0.339 e. The summed E-state index contributed by atoms with van der Waals surface area (Å²) in [6, 6.07) is 5.09. The zero-order chi connectivity index (χ0) is 11.4. The Morgan fingerprint density at radius 3 is 2.80 bits per heavy atom. The fraction of sp³-hybridized carbons (Fsp3) is 0.200. The Morgan fingerprint density at radius 1 is 1.67 bits per heavy atom. The Kier molecular flexibility index (Phi) is 4.13. The van der Waals surface area contributed by atoms with Crippen molar-refractivity contribution in [3.05, 3.63) is 33.3 Å². The van der Waals surface area contributed by atoms with Gasteiger partial charge >= 0.3 is 5.97 Å². The van der Waals surface area contributed by atoms with Crippen LogP contribution in [0.1, 0.15) is 21.5 Å². The van der Waals surface area contributed by atoms with Gasteiger partial charge in [0.2, 0.25) is 0 Å². The van der Waals surface area contributed by atoms with Gasteiger partial charge in [0, 0.05) is 10.4 Å². The van der Waals surface area contributed by atoms with E-state index in [1.165, 1.54) is 13.2 Å². The Bertz CT molecular complexity index is 440. The number of halogens is 2. The monoisotopic (exact) mass is 287 g/mol. The summed E-state index contributed by atoms with van der Waals surface area (Å²) in [6.45, 7) is 0. The number of benzene rings is 1. The van der Waals surface area contributed by atoms with Gasteiger partial charge in [-0.15, -0.1) is 11.6 Å². The minimum atomic E-state index is -0.460. The Balaban J connectivity index is 3.37. The zero-order valence-corrected chi connectivity index (χ0v) is 10.2. The van der Waals surface area contributed by atoms with Crippen molar-refractivity contribution < 1.29 is 9.53 Å². The van der Waals surface area contributed by atoms with E-state index < -0.39 is 5.97 Å². The lowest BCUT2D eigenvalue weighted by Gasteiger charge is -2.07. The number of hydrogen-bond acceptors (Lipinski definition) is 3. The topological polar surface area (TPSA) is 50.1 Å². The summed E-state index contributed by atoms with van der Waals surface area (Å²) < 4.78 is 5.11. The number of nitriles is 1. The molecule has 0 atom stereocenters. The molecule has 0 bridgehead atoms. The van der Waals surface area contributed by atoms with Gasteiger partial charge in [-0.25, -0.2) is 4.79 Å². The second-order valence-electron chi connectivity index (χ2n) is 2.69. The highest BCUT2D eigenvalue weighted by atomic mass is 79.9. The molecule has 0 amide bonds. The summed E-state index contributed by atoms with van der Waals surface area (Å²) in [5.74, 6) is -0.299. The predicted molar refractivity (Wildman–Crippen MR) is 59.8 cm³/mol. The van der Waals surface area contributed by atoms with Crippen molar-refractivity contribution in [1.29, 1.82) is 5.26 Å². The molecule has 0 aromatic heterocycles. The van der Waals surface area contributed by atoms with Crippen LogP contribution in [0.3, 0.4) is 0 Å². The lowest BCUT2D eigenvalue weighted by Crippen LogP contribution is -2.04. The minimum Gasteiger partial charge on any atom is -0.465 e. The fourth-order valence-corrected chi connectivity index (χ4v) is 2.21. The van der Waals surface area contributed by atoms with Crippen molar-refractivity contribution >= 4 is 33.5 Å². The van der Waals surface area contributed by atoms with Crippen molar-refractivity contribution in [3.63, 3.8) is 0 Å². The van der Waals surface area contributed by atoms with Crippen LogP contribution in [0, 0.1) is 11.3 Å². The Morgan fingerprint density at radius 2 is 2.33 bits per heavy atom. The standard InChI is InChI=1S/C10H7BrClNO2/c1-15-10(14)7-3-2-6(5-13)8(4-12)9(7)11/h2-3H,4H2,1H3. The van der Waals surface area contributed by atoms with Crippen LogP contribution in [-0.4, -0.2) is 13.1 Å². The number of esters is 1. The number of carbonyl (C=O) groups is 1. The zero-order valence-electron chi connectivity index (χ0n) is 7.88. The molecule has 0 unspecified atom stereocenters. The van der Waals surface area contributed by atoms with Gasteiger partial charge in [-0.2, -0.15) is 5.26 Å². The molecule has 0 N–H and O–H groups in total. The minimum absolute atomic E-state index is 0.161. The van der Waals surface area contributed by atoms with Gasteiger partial charge in [-0.1, -0.05) is 0 Å². The highest BCUT2D eigenvalue weighted by molar-refractivity contribution is 9.10. The molecule has 15 heavy (non-hydrogen) atoms. The molecule has 0 aliphatic heterocycles. The van der Waals surface area contributed by atoms with E-state index in [1.54, 1.807) is 6.07 Å². The number of rotatable bonds is 2. The van der Waals surface area contributed by atoms with Crippen molar-refractivity contribution in [2.24, 2.45) is 0 Å². The molecule has 1 rings (SSSR count). The van der Waals surface area contributed by atoms with Gasteiger partial charge in [-0.05, 0) is 33.6 Å². The third-order valence-corrected chi connectivity index (χ3v) is 3.08. The first-order valence-electron chi connectivity index (χ1n) is 4.01. The van der Waals surface area contributed by atoms with E-state index in [-0.39, 0.29) is 5.88 Å². The molecular formula is C10H7BrClNO2. The summed E-state index contributed by atoms with van der Waals surface area (Å²) in [5, 5.41) is 8.82. The van der Waals surface area contributed by atoms with E-state index in [9.17, 15) is 4.79 Å². The molecule has 0 saturated carbocycles. The van der Waals surface area contributed by atoms with Gasteiger partial charge in [0.05, 0.1) is 24.3 Å². The SMILES string of the molecule is COC(=O)c1ccc(C#N)c(CCl)c1Br. The molecule has 0 fully saturated rings. The smallest absolute Gasteiger partial charge is 0.339 e. The van der Waals surface area contributed by atoms with Crippen LogP contribution in [0.2, 0.25) is 0 Å². The first-order valence-corrected chi connectivity index (χ1v) is 5.34. The average Bonchev–Trinajstić information content (AvgIpc) is 2.27. The van der Waals surface area contributed by atoms with E-state index in [1.807, 2.05) is 6.07 Å². The summed E-state index contributed by atoms with van der Waals surface area (Å²) >= 11 is 8.94. The molecule has 1 aromatic carbocycles. The van der Waals surface area contributed by atoms with Crippen LogP contribution in [-0.2, 0) is 10.6 Å². The number of carbonyl (C=O) groups excluding carboxylic acids is 1. The third-order valence-electron chi connectivity index (χ3n) is 1.90. The van der Waals surface area contributed by atoms with Crippen molar-refractivity contribution in [2.75, 3.05) is 7.11 Å². The second-order valence-corrected chi connectivity index (χ2v) is 3.75. The van der Waals surface area contributed by atoms with Crippen LogP contribution >= 0.6 is 27.5 Å². The maximum absolute atomic E-state index is 11.3. The molecule has 0 heterocycles. The maximum atomic E-state index is 11.3. The average molecular weight is 289 g/mol. The van der Waals surface area contributed by atoms with Crippen LogP contribution in [0.15, 0.2) is 16.6 Å². The van der Waals surface area contributed by atoms with E-state index in [0.29, 0.717) is 21.2 Å². The quantitative estimate of drug-likeness (QED) is 0.621. The van der Waals surface area contributed by atoms with Crippen LogP contribution in [0.4, 0.5) is 0 Å². The first kappa shape index (κ1) is 12.0. The van der Waals surface area contributed by atoms with Crippen molar-refractivity contribution in [1.82, 2.24) is 0 Å². The largest absolute Gasteiger partial charge is 0.465 e. The molecular weight excluding hydrogens is 281 g/mol. The summed E-state index contributed by atoms with van der Waals surface area (Å²) in [5.41, 5.74) is 1.42. The predicted octanol–water partition coefficient (Wildman–Crippen LogP) is 2.85. The Hall–Kier alpha value is -1.05. The number of nitrogens with zero attached hydrogens (tertiary/aromatic N) is 1. The molecule has 1 aromatic rings. The lowest BCUT2D eigenvalue weighted by atomic mass is 10.1. The summed E-state index contributed by atoms with van der Waals surface area (Å²) in [6.07, 6.45) is 0. The molecule has 0 saturated heterocycles. The highest BCUT2D eigenvalue weighted by Gasteiger charge is 2.15. The van der Waals surface area contributed by atoms with E-state index in [0.717, 1.165) is 0 Å². The second kappa shape index (κ2) is 5.15. The molecule has 78 valence electrons. The molecule has 0 radical (unpaired) electrons. The Labute approximate surface area is 101 Å². The van der Waals surface area contributed by atoms with E-state index in [4.69, 9.17) is 16.9 Å². The first-order chi connectivity index (χ1) is 7.15. The molecule has 0 aliphatic rings. The number of ether oxygens (including phenoxy) is 1. The number of methoxy groups -OCH3 is 1. The van der Waals surface area contributed by atoms with Gasteiger partial charge in [0.1, 0.15) is 0 Å². The van der Waals surface area contributed by atoms with E-state index >= 15 is 0 Å². The summed E-state index contributed by atoms with van der Waals surface area (Å²) in [7, 11) is 1.30. The molecule has 3 nitrogen and oxygen atoms in total. The number of alkyl halides is 1. The third kappa shape index (κ3) is 2.31. The highest BCUT2D eigenvalue weighted by Crippen LogP contribution is 2.27.